The molecule has 0 aliphatic heterocycles. The van der Waals surface area contributed by atoms with Gasteiger partial charge in [-0.2, -0.15) is 0 Å². The highest BCUT2D eigenvalue weighted by atomic mass is 35.5. The number of rotatable bonds is 2. The fourth-order valence-electron chi connectivity index (χ4n) is 3.08. The maximum atomic E-state index is 14.3. The summed E-state index contributed by atoms with van der Waals surface area (Å²) in [4.78, 5) is 9.44. The van der Waals surface area contributed by atoms with Crippen LogP contribution in [0.4, 0.5) is 8.78 Å². The van der Waals surface area contributed by atoms with Crippen molar-refractivity contribution in [1.29, 1.82) is 0 Å². The van der Waals surface area contributed by atoms with E-state index in [0.29, 0.717) is 36.3 Å². The molecule has 2 nitrogen and oxygen atoms in total. The van der Waals surface area contributed by atoms with Gasteiger partial charge in [0.15, 0.2) is 0 Å². The molecule has 0 fully saturated rings. The molecule has 34 heavy (non-hydrogen) atoms. The van der Waals surface area contributed by atoms with E-state index in [2.05, 4.69) is 9.97 Å². The van der Waals surface area contributed by atoms with E-state index in [9.17, 15) is 8.78 Å². The number of hydrogen-bond acceptors (Lipinski definition) is 4. The van der Waals surface area contributed by atoms with Crippen LogP contribution < -0.4 is 0 Å². The van der Waals surface area contributed by atoms with E-state index >= 15 is 0 Å². The Bertz CT molecular complexity index is 1310. The molecule has 0 spiro atoms. The van der Waals surface area contributed by atoms with Crippen LogP contribution in [0.3, 0.4) is 0 Å². The van der Waals surface area contributed by atoms with Crippen LogP contribution in [0, 0.1) is 11.6 Å². The average Bonchev–Trinajstić information content (AvgIpc) is 2.70. The molecule has 0 radical (unpaired) electrons. The minimum Gasteiger partial charge on any atom is -0.256 e. The lowest BCUT2D eigenvalue weighted by Crippen LogP contribution is -2.07. The lowest BCUT2D eigenvalue weighted by atomic mass is 10.2. The zero-order chi connectivity index (χ0) is 25.3. The van der Waals surface area contributed by atoms with Crippen molar-refractivity contribution in [3.63, 3.8) is 0 Å². The molecule has 0 amide bonds. The van der Waals surface area contributed by atoms with Crippen molar-refractivity contribution in [1.82, 2.24) is 9.97 Å². The first-order valence-electron chi connectivity index (χ1n) is 10.6. The molecule has 2 aromatic heterocycles. The number of aromatic nitrogens is 2. The van der Waals surface area contributed by atoms with Gasteiger partial charge in [-0.1, -0.05) is 64.7 Å². The van der Waals surface area contributed by atoms with Gasteiger partial charge in [0.05, 0.1) is 26.5 Å². The standard InChI is InChI=1S/2C13H13ClFNS/c1-13(2,3)17-12-6-8-9(14)4-5-16-11(8)7-10(12)15;1-13(2,3)17-10-5-4-9-11(12(10)15)8(14)6-7-16-9/h2*4-7H,1-3H3. The second-order valence-corrected chi connectivity index (χ2v) is 14.1. The fourth-order valence-corrected chi connectivity index (χ4v) is 5.50. The maximum Gasteiger partial charge on any atom is 0.147 e. The first-order chi connectivity index (χ1) is 15.7. The van der Waals surface area contributed by atoms with Gasteiger partial charge in [0.25, 0.3) is 0 Å². The van der Waals surface area contributed by atoms with Gasteiger partial charge in [-0.15, -0.1) is 23.5 Å². The van der Waals surface area contributed by atoms with Gasteiger partial charge >= 0.3 is 0 Å². The molecule has 0 unspecified atom stereocenters. The number of halogens is 4. The van der Waals surface area contributed by atoms with Crippen LogP contribution >= 0.6 is 46.7 Å². The molecule has 0 N–H and O–H groups in total. The Kier molecular flexibility index (Phi) is 8.39. The van der Waals surface area contributed by atoms with Crippen molar-refractivity contribution in [3.05, 3.63) is 70.5 Å². The topological polar surface area (TPSA) is 25.8 Å². The van der Waals surface area contributed by atoms with Crippen LogP contribution in [0.15, 0.2) is 58.6 Å². The van der Waals surface area contributed by atoms with E-state index in [0.717, 1.165) is 5.39 Å². The number of pyridine rings is 2. The summed E-state index contributed by atoms with van der Waals surface area (Å²) in [5.74, 6) is -0.521. The largest absolute Gasteiger partial charge is 0.256 e. The minimum atomic E-state index is -0.277. The number of nitrogens with zero attached hydrogens (tertiary/aromatic N) is 2. The molecule has 4 rings (SSSR count). The lowest BCUT2D eigenvalue weighted by molar-refractivity contribution is 0.602. The summed E-state index contributed by atoms with van der Waals surface area (Å²) < 4.78 is 28.1. The monoisotopic (exact) mass is 538 g/mol. The minimum absolute atomic E-state index is 0.0385. The summed E-state index contributed by atoms with van der Waals surface area (Å²) >= 11 is 15.1. The van der Waals surface area contributed by atoms with E-state index in [1.54, 1.807) is 42.7 Å². The van der Waals surface area contributed by atoms with Crippen molar-refractivity contribution < 1.29 is 8.78 Å². The van der Waals surface area contributed by atoms with E-state index in [1.807, 2.05) is 41.5 Å². The predicted molar refractivity (Wildman–Crippen MR) is 145 cm³/mol. The summed E-state index contributed by atoms with van der Waals surface area (Å²) in [5.41, 5.74) is 1.18. The van der Waals surface area contributed by atoms with Gasteiger partial charge in [0, 0.05) is 43.1 Å². The quantitative estimate of drug-likeness (QED) is 0.237. The predicted octanol–water partition coefficient (Wildman–Crippen LogP) is 9.84. The molecule has 0 saturated heterocycles. The van der Waals surface area contributed by atoms with Gasteiger partial charge in [-0.25, -0.2) is 8.78 Å². The summed E-state index contributed by atoms with van der Waals surface area (Å²) in [6, 6.07) is 10.1. The first kappa shape index (κ1) is 27.0. The third-order valence-corrected chi connectivity index (χ3v) is 7.27. The number of fused-ring (bicyclic) bond motifs is 2. The summed E-state index contributed by atoms with van der Waals surface area (Å²) in [6.07, 6.45) is 3.17. The van der Waals surface area contributed by atoms with Gasteiger partial charge in [-0.05, 0) is 30.3 Å². The highest BCUT2D eigenvalue weighted by molar-refractivity contribution is 8.00. The molecule has 0 bridgehead atoms. The van der Waals surface area contributed by atoms with Gasteiger partial charge in [0.2, 0.25) is 0 Å². The van der Waals surface area contributed by atoms with Crippen LogP contribution in [0.2, 0.25) is 10.0 Å². The van der Waals surface area contributed by atoms with Gasteiger partial charge in [-0.3, -0.25) is 9.97 Å². The Hall–Kier alpha value is -1.60. The lowest BCUT2D eigenvalue weighted by Gasteiger charge is -2.18. The van der Waals surface area contributed by atoms with Crippen LogP contribution in [-0.4, -0.2) is 19.5 Å². The van der Waals surface area contributed by atoms with Gasteiger partial charge < -0.3 is 0 Å². The Morgan fingerprint density at radius 2 is 1.26 bits per heavy atom. The van der Waals surface area contributed by atoms with E-state index in [4.69, 9.17) is 23.2 Å². The van der Waals surface area contributed by atoms with Crippen LogP contribution in [0.5, 0.6) is 0 Å². The second kappa shape index (κ2) is 10.6. The van der Waals surface area contributed by atoms with E-state index < -0.39 is 0 Å². The molecule has 2 heterocycles. The zero-order valence-electron chi connectivity index (χ0n) is 19.8. The molecular formula is C26H26Cl2F2N2S2. The maximum absolute atomic E-state index is 14.3. The molecule has 4 aromatic rings. The summed E-state index contributed by atoms with van der Waals surface area (Å²) in [7, 11) is 0. The number of thioether (sulfide) groups is 2. The smallest absolute Gasteiger partial charge is 0.147 e. The second-order valence-electron chi connectivity index (χ2n) is 9.59. The van der Waals surface area contributed by atoms with Crippen molar-refractivity contribution in [2.45, 2.75) is 60.8 Å². The summed E-state index contributed by atoms with van der Waals surface area (Å²) in [5, 5.41) is 2.21. The SMILES string of the molecule is CC(C)(C)Sc1cc2c(Cl)ccnc2cc1F.CC(C)(C)Sc1ccc2nccc(Cl)c2c1F. The zero-order valence-corrected chi connectivity index (χ0v) is 23.0. The van der Waals surface area contributed by atoms with Crippen LogP contribution in [0.25, 0.3) is 21.8 Å². The third-order valence-electron chi connectivity index (χ3n) is 4.33. The average molecular weight is 540 g/mol. The molecule has 2 aromatic carbocycles. The summed E-state index contributed by atoms with van der Waals surface area (Å²) in [6.45, 7) is 12.3. The molecule has 0 saturated carbocycles. The highest BCUT2D eigenvalue weighted by Crippen LogP contribution is 2.38. The van der Waals surface area contributed by atoms with Crippen LogP contribution in [0.1, 0.15) is 41.5 Å². The first-order valence-corrected chi connectivity index (χ1v) is 13.0. The molecule has 180 valence electrons. The number of benzene rings is 2. The van der Waals surface area contributed by atoms with Crippen molar-refractivity contribution in [2.24, 2.45) is 0 Å². The number of hydrogen-bond donors (Lipinski definition) is 0. The Morgan fingerprint density at radius 1 is 0.706 bits per heavy atom. The van der Waals surface area contributed by atoms with E-state index in [-0.39, 0.29) is 21.1 Å². The normalized spacial score (nSPS) is 12.1. The van der Waals surface area contributed by atoms with Crippen molar-refractivity contribution in [3.8, 4) is 0 Å². The Balaban J connectivity index is 0.000000191. The van der Waals surface area contributed by atoms with E-state index in [1.165, 1.54) is 29.6 Å². The molecular weight excluding hydrogens is 513 g/mol. The third kappa shape index (κ3) is 6.97. The molecule has 0 aliphatic rings. The Morgan fingerprint density at radius 3 is 1.88 bits per heavy atom. The molecule has 8 heteroatoms. The van der Waals surface area contributed by atoms with Crippen LogP contribution in [-0.2, 0) is 0 Å². The van der Waals surface area contributed by atoms with Crippen molar-refractivity contribution >= 4 is 68.5 Å². The molecule has 0 aliphatic carbocycles. The van der Waals surface area contributed by atoms with Crippen molar-refractivity contribution in [2.75, 3.05) is 0 Å². The molecule has 0 atom stereocenters. The van der Waals surface area contributed by atoms with Gasteiger partial charge in [0.1, 0.15) is 11.6 Å². The Labute approximate surface area is 217 Å². The highest BCUT2D eigenvalue weighted by Gasteiger charge is 2.18. The fraction of sp³-hybridized carbons (Fsp3) is 0.308.